The summed E-state index contributed by atoms with van der Waals surface area (Å²) in [6.45, 7) is 0. The molecule has 0 aliphatic heterocycles. The van der Waals surface area contributed by atoms with E-state index >= 15 is 0 Å². The summed E-state index contributed by atoms with van der Waals surface area (Å²) >= 11 is 0. The number of hydrogen-bond donors (Lipinski definition) is 0. The molecular formula is C46H31NO. The Hall–Kier alpha value is -6.38. The second kappa shape index (κ2) is 11.8. The summed E-state index contributed by atoms with van der Waals surface area (Å²) in [4.78, 5) is 2.37. The average Bonchev–Trinajstić information content (AvgIpc) is 3.56. The number of anilines is 3. The van der Waals surface area contributed by atoms with Crippen LogP contribution in [-0.2, 0) is 0 Å². The molecule has 0 fully saturated rings. The highest BCUT2D eigenvalue weighted by Gasteiger charge is 2.19. The number of nitrogens with zero attached hydrogens (tertiary/aromatic N) is 1. The van der Waals surface area contributed by atoms with E-state index in [1.54, 1.807) is 0 Å². The summed E-state index contributed by atoms with van der Waals surface area (Å²) in [5.41, 5.74) is 12.2. The van der Waals surface area contributed by atoms with Crippen LogP contribution in [0, 0.1) is 0 Å². The highest BCUT2D eigenvalue weighted by atomic mass is 16.3. The van der Waals surface area contributed by atoms with Crippen LogP contribution in [0.2, 0.25) is 0 Å². The number of fused-ring (bicyclic) bond motifs is 5. The molecular weight excluding hydrogens is 583 g/mol. The van der Waals surface area contributed by atoms with Crippen LogP contribution in [0.25, 0.3) is 66.1 Å². The molecule has 48 heavy (non-hydrogen) atoms. The van der Waals surface area contributed by atoms with Gasteiger partial charge in [-0.25, -0.2) is 0 Å². The Morgan fingerprint density at radius 2 is 1.02 bits per heavy atom. The van der Waals surface area contributed by atoms with Gasteiger partial charge in [0.25, 0.3) is 0 Å². The third kappa shape index (κ3) is 4.83. The van der Waals surface area contributed by atoms with Gasteiger partial charge in [-0.05, 0) is 75.7 Å². The standard InChI is InChI=1S/C46H31NO/c1-3-13-32(14-4-1)36-18-11-19-38(31-36)47(43-23-10-9-20-39(43)33-15-5-2-6-16-33)37-28-25-35(26-29-37)40-22-12-24-44-45(40)42-30-27-34-17-7-8-21-41(34)46(42)48-44/h1-31H. The molecule has 0 spiro atoms. The van der Waals surface area contributed by atoms with Gasteiger partial charge in [0, 0.05) is 33.1 Å². The highest BCUT2D eigenvalue weighted by Crippen LogP contribution is 2.44. The first-order chi connectivity index (χ1) is 23.8. The fourth-order valence-corrected chi connectivity index (χ4v) is 7.00. The molecule has 2 nitrogen and oxygen atoms in total. The van der Waals surface area contributed by atoms with Crippen molar-refractivity contribution in [1.82, 2.24) is 0 Å². The van der Waals surface area contributed by atoms with E-state index in [1.165, 1.54) is 27.6 Å². The number of hydrogen-bond acceptors (Lipinski definition) is 2. The van der Waals surface area contributed by atoms with Crippen molar-refractivity contribution >= 4 is 49.8 Å². The van der Waals surface area contributed by atoms with Gasteiger partial charge >= 0.3 is 0 Å². The second-order valence-corrected chi connectivity index (χ2v) is 12.1. The lowest BCUT2D eigenvalue weighted by Crippen LogP contribution is -2.11. The highest BCUT2D eigenvalue weighted by molar-refractivity contribution is 6.19. The Bertz CT molecular complexity index is 2550. The van der Waals surface area contributed by atoms with Crippen LogP contribution in [-0.4, -0.2) is 0 Å². The van der Waals surface area contributed by atoms with Crippen LogP contribution in [0.4, 0.5) is 17.1 Å². The van der Waals surface area contributed by atoms with E-state index < -0.39 is 0 Å². The van der Waals surface area contributed by atoms with Crippen LogP contribution in [0.5, 0.6) is 0 Å². The predicted molar refractivity (Wildman–Crippen MR) is 202 cm³/mol. The normalized spacial score (nSPS) is 11.3. The molecule has 2 heteroatoms. The van der Waals surface area contributed by atoms with Crippen molar-refractivity contribution in [3.8, 4) is 33.4 Å². The lowest BCUT2D eigenvalue weighted by Gasteiger charge is -2.28. The molecule has 9 aromatic rings. The molecule has 0 saturated carbocycles. The topological polar surface area (TPSA) is 16.4 Å². The molecule has 0 N–H and O–H groups in total. The minimum atomic E-state index is 0.902. The Balaban J connectivity index is 1.20. The quantitative estimate of drug-likeness (QED) is 0.185. The second-order valence-electron chi connectivity index (χ2n) is 12.1. The smallest absolute Gasteiger partial charge is 0.143 e. The maximum Gasteiger partial charge on any atom is 0.143 e. The first-order valence-electron chi connectivity index (χ1n) is 16.4. The molecule has 0 aliphatic carbocycles. The van der Waals surface area contributed by atoms with Gasteiger partial charge in [0.05, 0.1) is 5.69 Å². The van der Waals surface area contributed by atoms with Gasteiger partial charge in [0.15, 0.2) is 0 Å². The maximum absolute atomic E-state index is 6.50. The fraction of sp³-hybridized carbons (Fsp3) is 0. The largest absolute Gasteiger partial charge is 0.455 e. The molecule has 0 aliphatic rings. The number of rotatable bonds is 6. The first kappa shape index (κ1) is 27.9. The molecule has 1 heterocycles. The van der Waals surface area contributed by atoms with Crippen molar-refractivity contribution in [3.05, 3.63) is 188 Å². The van der Waals surface area contributed by atoms with Crippen molar-refractivity contribution < 1.29 is 4.42 Å². The lowest BCUT2D eigenvalue weighted by molar-refractivity contribution is 0.673. The zero-order valence-corrected chi connectivity index (χ0v) is 26.3. The van der Waals surface area contributed by atoms with Crippen molar-refractivity contribution in [1.29, 1.82) is 0 Å². The number of para-hydroxylation sites is 1. The minimum Gasteiger partial charge on any atom is -0.455 e. The van der Waals surface area contributed by atoms with E-state index in [-0.39, 0.29) is 0 Å². The van der Waals surface area contributed by atoms with Crippen LogP contribution >= 0.6 is 0 Å². The number of furan rings is 1. The molecule has 0 radical (unpaired) electrons. The van der Waals surface area contributed by atoms with Gasteiger partial charge in [-0.1, -0.05) is 146 Å². The fourth-order valence-electron chi connectivity index (χ4n) is 7.00. The summed E-state index contributed by atoms with van der Waals surface area (Å²) in [5.74, 6) is 0. The maximum atomic E-state index is 6.50. The van der Waals surface area contributed by atoms with E-state index in [1.807, 2.05) is 0 Å². The third-order valence-electron chi connectivity index (χ3n) is 9.26. The summed E-state index contributed by atoms with van der Waals surface area (Å²) in [6.07, 6.45) is 0. The van der Waals surface area contributed by atoms with Crippen molar-refractivity contribution in [3.63, 3.8) is 0 Å². The lowest BCUT2D eigenvalue weighted by atomic mass is 9.97. The molecule has 1 aromatic heterocycles. The third-order valence-corrected chi connectivity index (χ3v) is 9.26. The van der Waals surface area contributed by atoms with E-state index in [2.05, 4.69) is 193 Å². The monoisotopic (exact) mass is 613 g/mol. The zero-order valence-electron chi connectivity index (χ0n) is 26.3. The van der Waals surface area contributed by atoms with Crippen LogP contribution in [0.1, 0.15) is 0 Å². The van der Waals surface area contributed by atoms with Gasteiger partial charge in [-0.2, -0.15) is 0 Å². The van der Waals surface area contributed by atoms with Gasteiger partial charge in [-0.3, -0.25) is 0 Å². The Kier molecular flexibility index (Phi) is 6.84. The molecule has 226 valence electrons. The molecule has 0 atom stereocenters. The van der Waals surface area contributed by atoms with Crippen LogP contribution in [0.3, 0.4) is 0 Å². The van der Waals surface area contributed by atoms with E-state index in [0.717, 1.165) is 55.5 Å². The molecule has 9 rings (SSSR count). The summed E-state index contributed by atoms with van der Waals surface area (Å²) in [5, 5.41) is 4.60. The summed E-state index contributed by atoms with van der Waals surface area (Å²) in [7, 11) is 0. The molecule has 0 amide bonds. The van der Waals surface area contributed by atoms with E-state index in [9.17, 15) is 0 Å². The van der Waals surface area contributed by atoms with Gasteiger partial charge in [-0.15, -0.1) is 0 Å². The van der Waals surface area contributed by atoms with Crippen molar-refractivity contribution in [2.24, 2.45) is 0 Å². The number of benzene rings is 8. The van der Waals surface area contributed by atoms with E-state index in [4.69, 9.17) is 4.42 Å². The van der Waals surface area contributed by atoms with Gasteiger partial charge in [0.2, 0.25) is 0 Å². The Morgan fingerprint density at radius 1 is 0.375 bits per heavy atom. The van der Waals surface area contributed by atoms with E-state index in [0.29, 0.717) is 0 Å². The van der Waals surface area contributed by atoms with Crippen LogP contribution < -0.4 is 4.90 Å². The Labute approximate surface area is 279 Å². The summed E-state index contributed by atoms with van der Waals surface area (Å²) in [6, 6.07) is 66.8. The average molecular weight is 614 g/mol. The molecule has 0 bridgehead atoms. The molecule has 8 aromatic carbocycles. The molecule has 0 unspecified atom stereocenters. The van der Waals surface area contributed by atoms with Crippen LogP contribution in [0.15, 0.2) is 192 Å². The minimum absolute atomic E-state index is 0.902. The summed E-state index contributed by atoms with van der Waals surface area (Å²) < 4.78 is 6.50. The van der Waals surface area contributed by atoms with Gasteiger partial charge < -0.3 is 9.32 Å². The first-order valence-corrected chi connectivity index (χ1v) is 16.4. The Morgan fingerprint density at radius 3 is 1.85 bits per heavy atom. The SMILES string of the molecule is c1ccc(-c2cccc(N(c3ccc(-c4cccc5oc6c7ccccc7ccc6c45)cc3)c3ccccc3-c3ccccc3)c2)cc1. The zero-order chi connectivity index (χ0) is 31.9. The van der Waals surface area contributed by atoms with Crippen molar-refractivity contribution in [2.45, 2.75) is 0 Å². The molecule has 0 saturated heterocycles. The van der Waals surface area contributed by atoms with Gasteiger partial charge in [0.1, 0.15) is 11.2 Å². The van der Waals surface area contributed by atoms with Crippen molar-refractivity contribution in [2.75, 3.05) is 4.90 Å². The predicted octanol–water partition coefficient (Wildman–Crippen LogP) is 13.2.